The number of rotatable bonds is 7. The van der Waals surface area contributed by atoms with Crippen molar-refractivity contribution in [3.05, 3.63) is 0 Å². The minimum absolute atomic E-state index is 0.0171. The van der Waals surface area contributed by atoms with Crippen LogP contribution in [0.25, 0.3) is 0 Å². The molecule has 0 aromatic carbocycles. The molecule has 0 aromatic rings. The average molecular weight is 203 g/mol. The molecule has 0 saturated heterocycles. The molecule has 0 heterocycles. The van der Waals surface area contributed by atoms with Gasteiger partial charge in [0.25, 0.3) is 0 Å². The number of carboxylic acids is 1. The monoisotopic (exact) mass is 203 g/mol. The number of aliphatic hydroxyl groups is 1. The summed E-state index contributed by atoms with van der Waals surface area (Å²) >= 11 is 0. The number of carbonyl (C=O) groups is 1. The summed E-state index contributed by atoms with van der Waals surface area (Å²) < 4.78 is 0. The van der Waals surface area contributed by atoms with E-state index in [4.69, 9.17) is 5.11 Å². The summed E-state index contributed by atoms with van der Waals surface area (Å²) in [6, 6.07) is -0.859. The fourth-order valence-electron chi connectivity index (χ4n) is 1.47. The Balaban J connectivity index is 4.12. The lowest BCUT2D eigenvalue weighted by atomic mass is 9.93. The van der Waals surface area contributed by atoms with Crippen molar-refractivity contribution in [2.24, 2.45) is 5.92 Å². The summed E-state index contributed by atoms with van der Waals surface area (Å²) in [5.41, 5.74) is 0. The molecule has 0 saturated carbocycles. The molecule has 0 aliphatic heterocycles. The highest BCUT2D eigenvalue weighted by atomic mass is 16.4. The summed E-state index contributed by atoms with van der Waals surface area (Å²) in [7, 11) is 1.55. The van der Waals surface area contributed by atoms with E-state index >= 15 is 0 Å². The van der Waals surface area contributed by atoms with E-state index in [1.165, 1.54) is 0 Å². The summed E-state index contributed by atoms with van der Waals surface area (Å²) in [6.07, 6.45) is 2.13. The van der Waals surface area contributed by atoms with Gasteiger partial charge in [-0.3, -0.25) is 4.79 Å². The normalized spacial score (nSPS) is 17.4. The second kappa shape index (κ2) is 6.79. The molecule has 0 fully saturated rings. The summed E-state index contributed by atoms with van der Waals surface area (Å²) in [6.45, 7) is 3.96. The quantitative estimate of drug-likeness (QED) is 0.573. The Bertz CT molecular complexity index is 173. The maximum Gasteiger partial charge on any atom is 0.323 e. The SMILES string of the molecule is CCCCC(C)C(O)C(NC)C(=O)O. The Morgan fingerprint density at radius 1 is 1.50 bits per heavy atom. The van der Waals surface area contributed by atoms with Crippen molar-refractivity contribution in [2.75, 3.05) is 7.05 Å². The van der Waals surface area contributed by atoms with Gasteiger partial charge in [0.2, 0.25) is 0 Å². The predicted molar refractivity (Wildman–Crippen MR) is 55.2 cm³/mol. The van der Waals surface area contributed by atoms with Crippen molar-refractivity contribution in [3.63, 3.8) is 0 Å². The molecular weight excluding hydrogens is 182 g/mol. The first-order valence-electron chi connectivity index (χ1n) is 5.12. The number of likely N-dealkylation sites (N-methyl/N-ethyl adjacent to an activating group) is 1. The number of carboxylic acid groups (broad SMARTS) is 1. The van der Waals surface area contributed by atoms with Crippen LogP contribution in [0.4, 0.5) is 0 Å². The number of aliphatic carboxylic acids is 1. The van der Waals surface area contributed by atoms with Gasteiger partial charge in [-0.25, -0.2) is 0 Å². The van der Waals surface area contributed by atoms with Gasteiger partial charge in [-0.05, 0) is 19.4 Å². The van der Waals surface area contributed by atoms with Crippen LogP contribution in [0.5, 0.6) is 0 Å². The van der Waals surface area contributed by atoms with Crippen LogP contribution in [0, 0.1) is 5.92 Å². The second-order valence-electron chi connectivity index (χ2n) is 3.71. The van der Waals surface area contributed by atoms with E-state index in [9.17, 15) is 9.90 Å². The van der Waals surface area contributed by atoms with E-state index in [0.29, 0.717) is 0 Å². The Labute approximate surface area is 85.3 Å². The molecule has 4 nitrogen and oxygen atoms in total. The summed E-state index contributed by atoms with van der Waals surface area (Å²) in [5.74, 6) is -0.980. The smallest absolute Gasteiger partial charge is 0.323 e. The molecule has 0 bridgehead atoms. The molecule has 0 rings (SSSR count). The Morgan fingerprint density at radius 3 is 2.43 bits per heavy atom. The van der Waals surface area contributed by atoms with Crippen LogP contribution >= 0.6 is 0 Å². The third-order valence-corrected chi connectivity index (χ3v) is 2.51. The molecular formula is C10H21NO3. The molecule has 0 spiro atoms. The van der Waals surface area contributed by atoms with Crippen molar-refractivity contribution < 1.29 is 15.0 Å². The molecule has 0 amide bonds. The van der Waals surface area contributed by atoms with Crippen LogP contribution in [0.2, 0.25) is 0 Å². The van der Waals surface area contributed by atoms with Gasteiger partial charge in [0.1, 0.15) is 6.04 Å². The zero-order valence-electron chi connectivity index (χ0n) is 9.16. The van der Waals surface area contributed by atoms with Crippen LogP contribution in [-0.4, -0.2) is 35.4 Å². The fourth-order valence-corrected chi connectivity index (χ4v) is 1.47. The maximum absolute atomic E-state index is 10.7. The Hall–Kier alpha value is -0.610. The summed E-state index contributed by atoms with van der Waals surface area (Å²) in [4.78, 5) is 10.7. The number of hydrogen-bond acceptors (Lipinski definition) is 3. The summed E-state index contributed by atoms with van der Waals surface area (Å²) in [5, 5.41) is 21.1. The highest BCUT2D eigenvalue weighted by Gasteiger charge is 2.28. The van der Waals surface area contributed by atoms with Gasteiger partial charge in [-0.15, -0.1) is 0 Å². The van der Waals surface area contributed by atoms with E-state index in [0.717, 1.165) is 19.3 Å². The molecule has 0 aromatic heterocycles. The lowest BCUT2D eigenvalue weighted by Crippen LogP contribution is -2.47. The molecule has 0 radical (unpaired) electrons. The van der Waals surface area contributed by atoms with Crippen LogP contribution in [0.1, 0.15) is 33.1 Å². The van der Waals surface area contributed by atoms with Crippen LogP contribution in [0.15, 0.2) is 0 Å². The van der Waals surface area contributed by atoms with Gasteiger partial charge >= 0.3 is 5.97 Å². The first kappa shape index (κ1) is 13.4. The molecule has 3 atom stereocenters. The van der Waals surface area contributed by atoms with E-state index < -0.39 is 18.1 Å². The van der Waals surface area contributed by atoms with Crippen molar-refractivity contribution in [2.45, 2.75) is 45.3 Å². The molecule has 84 valence electrons. The standard InChI is InChI=1S/C10H21NO3/c1-4-5-6-7(2)9(12)8(11-3)10(13)14/h7-9,11-12H,4-6H2,1-3H3,(H,13,14). The Kier molecular flexibility index (Phi) is 6.49. The number of nitrogens with one attached hydrogen (secondary N) is 1. The molecule has 4 heteroatoms. The molecule has 3 unspecified atom stereocenters. The van der Waals surface area contributed by atoms with Crippen molar-refractivity contribution >= 4 is 5.97 Å². The third kappa shape index (κ3) is 4.07. The van der Waals surface area contributed by atoms with E-state index in [2.05, 4.69) is 12.2 Å². The van der Waals surface area contributed by atoms with E-state index in [1.807, 2.05) is 6.92 Å². The molecule has 14 heavy (non-hydrogen) atoms. The zero-order valence-corrected chi connectivity index (χ0v) is 9.16. The zero-order chi connectivity index (χ0) is 11.1. The largest absolute Gasteiger partial charge is 0.480 e. The van der Waals surface area contributed by atoms with Gasteiger partial charge in [0.15, 0.2) is 0 Å². The predicted octanol–water partition coefficient (Wildman–Crippen LogP) is 0.846. The number of unbranched alkanes of at least 4 members (excludes halogenated alkanes) is 1. The van der Waals surface area contributed by atoms with Crippen LogP contribution in [-0.2, 0) is 4.79 Å². The number of hydrogen-bond donors (Lipinski definition) is 3. The fraction of sp³-hybridized carbons (Fsp3) is 0.900. The van der Waals surface area contributed by atoms with Gasteiger partial charge in [0.05, 0.1) is 6.10 Å². The van der Waals surface area contributed by atoms with Gasteiger partial charge < -0.3 is 15.5 Å². The molecule has 3 N–H and O–H groups in total. The minimum Gasteiger partial charge on any atom is -0.480 e. The maximum atomic E-state index is 10.7. The lowest BCUT2D eigenvalue weighted by molar-refractivity contribution is -0.143. The first-order chi connectivity index (χ1) is 6.54. The van der Waals surface area contributed by atoms with Gasteiger partial charge in [0, 0.05) is 0 Å². The van der Waals surface area contributed by atoms with Crippen LogP contribution < -0.4 is 5.32 Å². The topological polar surface area (TPSA) is 69.6 Å². The molecule has 0 aliphatic carbocycles. The van der Waals surface area contributed by atoms with Gasteiger partial charge in [-0.1, -0.05) is 26.7 Å². The average Bonchev–Trinajstić information content (AvgIpc) is 2.14. The number of aliphatic hydroxyl groups excluding tert-OH is 1. The third-order valence-electron chi connectivity index (χ3n) is 2.51. The second-order valence-corrected chi connectivity index (χ2v) is 3.71. The highest BCUT2D eigenvalue weighted by Crippen LogP contribution is 2.15. The molecule has 0 aliphatic rings. The van der Waals surface area contributed by atoms with E-state index in [1.54, 1.807) is 7.05 Å². The van der Waals surface area contributed by atoms with Crippen molar-refractivity contribution in [3.8, 4) is 0 Å². The minimum atomic E-state index is -0.997. The van der Waals surface area contributed by atoms with Crippen molar-refractivity contribution in [1.82, 2.24) is 5.32 Å². The van der Waals surface area contributed by atoms with Crippen LogP contribution in [0.3, 0.4) is 0 Å². The van der Waals surface area contributed by atoms with Crippen molar-refractivity contribution in [1.29, 1.82) is 0 Å². The highest BCUT2D eigenvalue weighted by molar-refractivity contribution is 5.74. The first-order valence-corrected chi connectivity index (χ1v) is 5.12. The lowest BCUT2D eigenvalue weighted by Gasteiger charge is -2.24. The van der Waals surface area contributed by atoms with Gasteiger partial charge in [-0.2, -0.15) is 0 Å². The Morgan fingerprint density at radius 2 is 2.07 bits per heavy atom. The van der Waals surface area contributed by atoms with E-state index in [-0.39, 0.29) is 5.92 Å².